The molecule has 2 heterocycles. The molecule has 8 nitrogen and oxygen atoms in total. The highest BCUT2D eigenvalue weighted by Crippen LogP contribution is 2.15. The van der Waals surface area contributed by atoms with Crippen LogP contribution in [0.1, 0.15) is 18.5 Å². The van der Waals surface area contributed by atoms with E-state index < -0.39 is 4.92 Å². The molecule has 1 aliphatic rings. The van der Waals surface area contributed by atoms with Crippen LogP contribution in [0.4, 0.5) is 5.69 Å². The predicted molar refractivity (Wildman–Crippen MR) is 72.3 cm³/mol. The third-order valence-corrected chi connectivity index (χ3v) is 3.51. The third kappa shape index (κ3) is 3.53. The molecule has 0 spiro atoms. The maximum atomic E-state index is 11.9. The van der Waals surface area contributed by atoms with E-state index in [1.807, 2.05) is 0 Å². The minimum atomic E-state index is -0.492. The van der Waals surface area contributed by atoms with Crippen LogP contribution in [0.3, 0.4) is 0 Å². The average molecular weight is 281 g/mol. The number of aromatic nitrogens is 2. The third-order valence-electron chi connectivity index (χ3n) is 3.51. The fourth-order valence-electron chi connectivity index (χ4n) is 2.34. The number of nitrogens with one attached hydrogen (secondary N) is 1. The van der Waals surface area contributed by atoms with Gasteiger partial charge in [0.1, 0.15) is 18.4 Å². The molecule has 1 aliphatic heterocycles. The molecule has 0 atom stereocenters. The number of nitro groups is 1. The van der Waals surface area contributed by atoms with Gasteiger partial charge in [0.15, 0.2) is 0 Å². The maximum Gasteiger partial charge on any atom is 0.309 e. The van der Waals surface area contributed by atoms with Crippen molar-refractivity contribution in [2.24, 2.45) is 0 Å². The Bertz CT molecular complexity index is 505. The van der Waals surface area contributed by atoms with Crippen molar-refractivity contribution in [1.82, 2.24) is 20.0 Å². The van der Waals surface area contributed by atoms with Crippen molar-refractivity contribution in [1.29, 1.82) is 0 Å². The highest BCUT2D eigenvalue weighted by molar-refractivity contribution is 5.76. The zero-order valence-electron chi connectivity index (χ0n) is 11.7. The minimum absolute atomic E-state index is 0.0149. The first-order valence-electron chi connectivity index (χ1n) is 6.62. The van der Waals surface area contributed by atoms with Crippen molar-refractivity contribution in [2.45, 2.75) is 32.4 Å². The quantitative estimate of drug-likeness (QED) is 0.633. The molecular formula is C12H19N5O3. The molecule has 2 rings (SSSR count). The van der Waals surface area contributed by atoms with Crippen molar-refractivity contribution in [3.05, 3.63) is 22.0 Å². The van der Waals surface area contributed by atoms with Crippen LogP contribution in [0, 0.1) is 17.0 Å². The summed E-state index contributed by atoms with van der Waals surface area (Å²) >= 11 is 0. The van der Waals surface area contributed by atoms with Gasteiger partial charge in [0, 0.05) is 6.04 Å². The van der Waals surface area contributed by atoms with E-state index >= 15 is 0 Å². The fraction of sp³-hybridized carbons (Fsp3) is 0.667. The first-order valence-corrected chi connectivity index (χ1v) is 6.62. The highest BCUT2D eigenvalue weighted by atomic mass is 16.6. The van der Waals surface area contributed by atoms with Gasteiger partial charge < -0.3 is 10.2 Å². The smallest absolute Gasteiger partial charge is 0.309 e. The number of likely N-dealkylation sites (tertiary alicyclic amines) is 1. The summed E-state index contributed by atoms with van der Waals surface area (Å²) in [5, 5.41) is 17.6. The Morgan fingerprint density at radius 2 is 2.20 bits per heavy atom. The molecule has 1 N–H and O–H groups in total. The van der Waals surface area contributed by atoms with E-state index in [0.717, 1.165) is 25.9 Å². The minimum Gasteiger partial charge on any atom is -0.352 e. The molecule has 0 unspecified atom stereocenters. The zero-order chi connectivity index (χ0) is 14.7. The summed E-state index contributed by atoms with van der Waals surface area (Å²) in [5.41, 5.74) is 0.263. The molecule has 0 bridgehead atoms. The van der Waals surface area contributed by atoms with Crippen LogP contribution < -0.4 is 5.32 Å². The lowest BCUT2D eigenvalue weighted by molar-refractivity contribution is -0.385. The standard InChI is InChI=1S/C12H19N5O3/c1-9-11(17(19)20)7-16(14-9)8-12(18)13-10-3-5-15(2)6-4-10/h7,10H,3-6,8H2,1-2H3,(H,13,18). The molecule has 0 aromatic carbocycles. The van der Waals surface area contributed by atoms with Crippen LogP contribution in [0.15, 0.2) is 6.20 Å². The van der Waals surface area contributed by atoms with E-state index in [1.54, 1.807) is 6.92 Å². The number of aryl methyl sites for hydroxylation is 1. The Kier molecular flexibility index (Phi) is 4.33. The van der Waals surface area contributed by atoms with Crippen molar-refractivity contribution in [2.75, 3.05) is 20.1 Å². The molecule has 1 saturated heterocycles. The van der Waals surface area contributed by atoms with Crippen LogP contribution in [-0.2, 0) is 11.3 Å². The van der Waals surface area contributed by atoms with Gasteiger partial charge in [-0.15, -0.1) is 0 Å². The van der Waals surface area contributed by atoms with Gasteiger partial charge in [0.25, 0.3) is 0 Å². The van der Waals surface area contributed by atoms with Gasteiger partial charge >= 0.3 is 5.69 Å². The van der Waals surface area contributed by atoms with Gasteiger partial charge in [-0.3, -0.25) is 19.6 Å². The first kappa shape index (κ1) is 14.4. The van der Waals surface area contributed by atoms with Crippen molar-refractivity contribution >= 4 is 11.6 Å². The Labute approximate surface area is 116 Å². The lowest BCUT2D eigenvalue weighted by Gasteiger charge is -2.29. The normalized spacial score (nSPS) is 17.1. The summed E-state index contributed by atoms with van der Waals surface area (Å²) in [6.45, 7) is 3.51. The number of nitrogens with zero attached hydrogens (tertiary/aromatic N) is 4. The Morgan fingerprint density at radius 1 is 1.55 bits per heavy atom. The Hall–Kier alpha value is -1.96. The molecule has 1 aromatic heterocycles. The van der Waals surface area contributed by atoms with E-state index in [0.29, 0.717) is 5.69 Å². The lowest BCUT2D eigenvalue weighted by atomic mass is 10.1. The second kappa shape index (κ2) is 6.00. The second-order valence-corrected chi connectivity index (χ2v) is 5.20. The highest BCUT2D eigenvalue weighted by Gasteiger charge is 2.20. The van der Waals surface area contributed by atoms with Crippen molar-refractivity contribution < 1.29 is 9.72 Å². The number of rotatable bonds is 4. The van der Waals surface area contributed by atoms with Crippen LogP contribution in [0.2, 0.25) is 0 Å². The van der Waals surface area contributed by atoms with Crippen molar-refractivity contribution in [3.63, 3.8) is 0 Å². The topological polar surface area (TPSA) is 93.3 Å². The molecular weight excluding hydrogens is 262 g/mol. The summed E-state index contributed by atoms with van der Waals surface area (Å²) in [7, 11) is 2.06. The number of piperidine rings is 1. The van der Waals surface area contributed by atoms with Crippen LogP contribution in [-0.4, -0.2) is 51.7 Å². The van der Waals surface area contributed by atoms with E-state index in [4.69, 9.17) is 0 Å². The summed E-state index contributed by atoms with van der Waals surface area (Å²) in [6, 6.07) is 0.186. The van der Waals surface area contributed by atoms with E-state index in [9.17, 15) is 14.9 Å². The van der Waals surface area contributed by atoms with E-state index in [1.165, 1.54) is 10.9 Å². The predicted octanol–water partition coefficient (Wildman–Crippen LogP) is 0.310. The molecule has 0 saturated carbocycles. The molecule has 1 aromatic rings. The molecule has 0 radical (unpaired) electrons. The molecule has 8 heteroatoms. The number of carbonyl (C=O) groups is 1. The molecule has 20 heavy (non-hydrogen) atoms. The SMILES string of the molecule is Cc1nn(CC(=O)NC2CCN(C)CC2)cc1[N+](=O)[O-]. The van der Waals surface area contributed by atoms with Gasteiger partial charge in [-0.25, -0.2) is 0 Å². The van der Waals surface area contributed by atoms with E-state index in [2.05, 4.69) is 22.4 Å². The largest absolute Gasteiger partial charge is 0.352 e. The lowest BCUT2D eigenvalue weighted by Crippen LogP contribution is -2.44. The average Bonchev–Trinajstić information content (AvgIpc) is 2.73. The number of amides is 1. The number of carbonyl (C=O) groups excluding carboxylic acids is 1. The van der Waals surface area contributed by atoms with Gasteiger partial charge in [-0.1, -0.05) is 0 Å². The fourth-order valence-corrected chi connectivity index (χ4v) is 2.34. The first-order chi connectivity index (χ1) is 9.45. The summed E-state index contributed by atoms with van der Waals surface area (Å²) in [6.07, 6.45) is 3.16. The molecule has 110 valence electrons. The van der Waals surface area contributed by atoms with E-state index in [-0.39, 0.29) is 24.2 Å². The monoisotopic (exact) mass is 281 g/mol. The van der Waals surface area contributed by atoms with Crippen LogP contribution in [0.25, 0.3) is 0 Å². The van der Waals surface area contributed by atoms with Gasteiger partial charge in [-0.05, 0) is 39.9 Å². The van der Waals surface area contributed by atoms with Crippen LogP contribution in [0.5, 0.6) is 0 Å². The van der Waals surface area contributed by atoms with Crippen molar-refractivity contribution in [3.8, 4) is 0 Å². The van der Waals surface area contributed by atoms with Gasteiger partial charge in [0.05, 0.1) is 4.92 Å². The van der Waals surface area contributed by atoms with Crippen LogP contribution >= 0.6 is 0 Å². The maximum absolute atomic E-state index is 11.9. The summed E-state index contributed by atoms with van der Waals surface area (Å²) in [5.74, 6) is -0.156. The molecule has 0 aliphatic carbocycles. The molecule has 1 amide bonds. The zero-order valence-corrected chi connectivity index (χ0v) is 11.7. The second-order valence-electron chi connectivity index (χ2n) is 5.20. The number of hydrogen-bond donors (Lipinski definition) is 1. The van der Waals surface area contributed by atoms with Gasteiger partial charge in [-0.2, -0.15) is 5.10 Å². The Balaban J connectivity index is 1.88. The molecule has 1 fully saturated rings. The number of hydrogen-bond acceptors (Lipinski definition) is 5. The summed E-state index contributed by atoms with van der Waals surface area (Å²) < 4.78 is 1.32. The van der Waals surface area contributed by atoms with Gasteiger partial charge in [0.2, 0.25) is 5.91 Å². The Morgan fingerprint density at radius 3 is 2.75 bits per heavy atom. The summed E-state index contributed by atoms with van der Waals surface area (Å²) in [4.78, 5) is 24.3.